The summed E-state index contributed by atoms with van der Waals surface area (Å²) in [4.78, 5) is 22.5. The summed E-state index contributed by atoms with van der Waals surface area (Å²) in [5.41, 5.74) is 0.851. The first kappa shape index (κ1) is 11.6. The Balaban J connectivity index is 2.70. The molecule has 0 aliphatic rings. The third kappa shape index (κ3) is 2.29. The summed E-state index contributed by atoms with van der Waals surface area (Å²) in [6.07, 6.45) is 1.66. The molecule has 0 fully saturated rings. The van der Waals surface area contributed by atoms with E-state index in [0.29, 0.717) is 28.1 Å². The van der Waals surface area contributed by atoms with Gasteiger partial charge >= 0.3 is 0 Å². The van der Waals surface area contributed by atoms with E-state index in [2.05, 4.69) is 27.8 Å². The molecule has 0 aliphatic carbocycles. The molecule has 84 valence electrons. The molecule has 0 unspecified atom stereocenters. The van der Waals surface area contributed by atoms with Gasteiger partial charge < -0.3 is 4.42 Å². The fraction of sp³-hybridized carbons (Fsp3) is 0.0769. The first-order valence-corrected chi connectivity index (χ1v) is 5.94. The first-order valence-electron chi connectivity index (χ1n) is 4.82. The summed E-state index contributed by atoms with van der Waals surface area (Å²) in [7, 11) is 0. The first-order chi connectivity index (χ1) is 8.26. The summed E-state index contributed by atoms with van der Waals surface area (Å²) in [6.45, 7) is 0. The van der Waals surface area contributed by atoms with Crippen molar-refractivity contribution in [2.45, 2.75) is 0 Å². The summed E-state index contributed by atoms with van der Waals surface area (Å²) < 4.78 is 5.19. The Morgan fingerprint density at radius 3 is 2.94 bits per heavy atom. The maximum Gasteiger partial charge on any atom is 0.203 e. The van der Waals surface area contributed by atoms with Crippen LogP contribution in [-0.2, 0) is 0 Å². The summed E-state index contributed by atoms with van der Waals surface area (Å²) in [5.74, 6) is 5.73. The Morgan fingerprint density at radius 2 is 2.24 bits per heavy atom. The lowest BCUT2D eigenvalue weighted by molar-refractivity contribution is 0.112. The molecule has 0 N–H and O–H groups in total. The number of aldehydes is 1. The van der Waals surface area contributed by atoms with E-state index in [1.807, 2.05) is 0 Å². The van der Waals surface area contributed by atoms with E-state index in [1.165, 1.54) is 6.26 Å². The van der Waals surface area contributed by atoms with E-state index in [4.69, 9.17) is 4.42 Å². The standard InChI is InChI=1S/C13H7BrO3/c14-5-1-2-9-3-4-12-11(6-9)13(16)10(7-15)8-17-12/h3-4,6-8H,5H2. The van der Waals surface area contributed by atoms with Crippen LogP contribution in [0, 0.1) is 11.8 Å². The predicted octanol–water partition coefficient (Wildman–Crippen LogP) is 2.35. The summed E-state index contributed by atoms with van der Waals surface area (Å²) in [5, 5.41) is 0.935. The molecule has 1 heterocycles. The van der Waals surface area contributed by atoms with Crippen molar-refractivity contribution in [2.75, 3.05) is 5.33 Å². The predicted molar refractivity (Wildman–Crippen MR) is 68.5 cm³/mol. The molecule has 1 aromatic carbocycles. The maximum absolute atomic E-state index is 11.8. The number of rotatable bonds is 1. The highest BCUT2D eigenvalue weighted by Gasteiger charge is 2.06. The molecule has 0 amide bonds. The molecule has 0 spiro atoms. The topological polar surface area (TPSA) is 47.3 Å². The number of benzene rings is 1. The lowest BCUT2D eigenvalue weighted by Gasteiger charge is -1.97. The van der Waals surface area contributed by atoms with Crippen LogP contribution in [0.1, 0.15) is 15.9 Å². The van der Waals surface area contributed by atoms with Crippen molar-refractivity contribution >= 4 is 33.2 Å². The van der Waals surface area contributed by atoms with Gasteiger partial charge in [0.25, 0.3) is 0 Å². The number of hydrogen-bond donors (Lipinski definition) is 0. The number of carbonyl (C=O) groups excluding carboxylic acids is 1. The molecule has 4 heteroatoms. The normalized spacial score (nSPS) is 9.71. The number of carbonyl (C=O) groups is 1. The Labute approximate surface area is 106 Å². The smallest absolute Gasteiger partial charge is 0.203 e. The van der Waals surface area contributed by atoms with Gasteiger partial charge in [0.15, 0.2) is 6.29 Å². The monoisotopic (exact) mass is 290 g/mol. The van der Waals surface area contributed by atoms with Gasteiger partial charge in [-0.25, -0.2) is 0 Å². The second-order valence-corrected chi connectivity index (χ2v) is 3.85. The lowest BCUT2D eigenvalue weighted by Crippen LogP contribution is -2.07. The van der Waals surface area contributed by atoms with Crippen LogP contribution in [0.15, 0.2) is 33.7 Å². The minimum atomic E-state index is -0.330. The SMILES string of the molecule is O=Cc1coc2ccc(C#CCBr)cc2c1=O. The zero-order valence-electron chi connectivity index (χ0n) is 8.70. The highest BCUT2D eigenvalue weighted by molar-refractivity contribution is 9.09. The molecule has 0 atom stereocenters. The highest BCUT2D eigenvalue weighted by Crippen LogP contribution is 2.12. The van der Waals surface area contributed by atoms with E-state index in [-0.39, 0.29) is 11.0 Å². The fourth-order valence-electron chi connectivity index (χ4n) is 1.44. The molecular weight excluding hydrogens is 284 g/mol. The van der Waals surface area contributed by atoms with E-state index < -0.39 is 0 Å². The lowest BCUT2D eigenvalue weighted by atomic mass is 10.1. The highest BCUT2D eigenvalue weighted by atomic mass is 79.9. The molecule has 0 radical (unpaired) electrons. The fourth-order valence-corrected chi connectivity index (χ4v) is 1.58. The average Bonchev–Trinajstić information content (AvgIpc) is 2.37. The molecule has 0 saturated carbocycles. The molecule has 0 saturated heterocycles. The molecule has 2 rings (SSSR count). The Morgan fingerprint density at radius 1 is 1.41 bits per heavy atom. The van der Waals surface area contributed by atoms with E-state index in [9.17, 15) is 9.59 Å². The number of fused-ring (bicyclic) bond motifs is 1. The maximum atomic E-state index is 11.8. The molecule has 0 bridgehead atoms. The zero-order chi connectivity index (χ0) is 12.3. The zero-order valence-corrected chi connectivity index (χ0v) is 10.3. The average molecular weight is 291 g/mol. The van der Waals surface area contributed by atoms with Gasteiger partial charge in [-0.2, -0.15) is 0 Å². The van der Waals surface area contributed by atoms with Gasteiger partial charge in [-0.1, -0.05) is 27.8 Å². The van der Waals surface area contributed by atoms with Crippen LogP contribution in [0.2, 0.25) is 0 Å². The summed E-state index contributed by atoms with van der Waals surface area (Å²) >= 11 is 3.19. The van der Waals surface area contributed by atoms with Crippen LogP contribution < -0.4 is 5.43 Å². The van der Waals surface area contributed by atoms with Crippen LogP contribution in [0.5, 0.6) is 0 Å². The second-order valence-electron chi connectivity index (χ2n) is 3.28. The quantitative estimate of drug-likeness (QED) is 0.460. The van der Waals surface area contributed by atoms with Gasteiger partial charge in [-0.15, -0.1) is 0 Å². The van der Waals surface area contributed by atoms with Gasteiger partial charge in [0.2, 0.25) is 5.43 Å². The van der Waals surface area contributed by atoms with Crippen LogP contribution in [-0.4, -0.2) is 11.6 Å². The van der Waals surface area contributed by atoms with E-state index in [1.54, 1.807) is 18.2 Å². The minimum absolute atomic E-state index is 0.0168. The Bertz CT molecular complexity index is 689. The Kier molecular flexibility index (Phi) is 3.40. The van der Waals surface area contributed by atoms with Crippen LogP contribution >= 0.6 is 15.9 Å². The molecule has 3 nitrogen and oxygen atoms in total. The van der Waals surface area contributed by atoms with Crippen molar-refractivity contribution in [3.05, 3.63) is 45.8 Å². The van der Waals surface area contributed by atoms with Gasteiger partial charge in [-0.05, 0) is 18.2 Å². The van der Waals surface area contributed by atoms with Crippen molar-refractivity contribution in [3.8, 4) is 11.8 Å². The van der Waals surface area contributed by atoms with Crippen LogP contribution in [0.3, 0.4) is 0 Å². The largest absolute Gasteiger partial charge is 0.463 e. The molecule has 2 aromatic rings. The van der Waals surface area contributed by atoms with E-state index >= 15 is 0 Å². The van der Waals surface area contributed by atoms with Crippen molar-refractivity contribution in [1.82, 2.24) is 0 Å². The minimum Gasteiger partial charge on any atom is -0.463 e. The van der Waals surface area contributed by atoms with Gasteiger partial charge in [0.05, 0.1) is 16.3 Å². The Hall–Kier alpha value is -1.86. The molecular formula is C13H7BrO3. The van der Waals surface area contributed by atoms with Crippen LogP contribution in [0.25, 0.3) is 11.0 Å². The van der Waals surface area contributed by atoms with Crippen molar-refractivity contribution < 1.29 is 9.21 Å². The second kappa shape index (κ2) is 4.98. The number of alkyl halides is 1. The van der Waals surface area contributed by atoms with Crippen molar-refractivity contribution in [3.63, 3.8) is 0 Å². The van der Waals surface area contributed by atoms with Crippen molar-refractivity contribution in [1.29, 1.82) is 0 Å². The summed E-state index contributed by atoms with van der Waals surface area (Å²) in [6, 6.07) is 5.06. The van der Waals surface area contributed by atoms with Gasteiger partial charge in [0.1, 0.15) is 11.8 Å². The molecule has 0 aliphatic heterocycles. The molecule has 1 aromatic heterocycles. The number of hydrogen-bond acceptors (Lipinski definition) is 3. The third-order valence-corrected chi connectivity index (χ3v) is 2.51. The van der Waals surface area contributed by atoms with Crippen molar-refractivity contribution in [2.24, 2.45) is 0 Å². The molecule has 17 heavy (non-hydrogen) atoms. The van der Waals surface area contributed by atoms with Gasteiger partial charge in [-0.3, -0.25) is 9.59 Å². The van der Waals surface area contributed by atoms with Gasteiger partial charge in [0, 0.05) is 5.56 Å². The van der Waals surface area contributed by atoms with E-state index in [0.717, 1.165) is 0 Å². The number of halogens is 1. The van der Waals surface area contributed by atoms with Crippen LogP contribution in [0.4, 0.5) is 0 Å². The third-order valence-electron chi connectivity index (χ3n) is 2.23.